The summed E-state index contributed by atoms with van der Waals surface area (Å²) < 4.78 is 5.21. The lowest BCUT2D eigenvalue weighted by atomic mass is 10.2. The number of likely N-dealkylation sites (N-methyl/N-ethyl adjacent to an activating group) is 1. The van der Waals surface area contributed by atoms with E-state index in [1.807, 2.05) is 61.3 Å². The first-order valence-electron chi connectivity index (χ1n) is 9.02. The van der Waals surface area contributed by atoms with Crippen molar-refractivity contribution in [2.45, 2.75) is 20.3 Å². The number of rotatable bonds is 6. The minimum absolute atomic E-state index is 0.254. The van der Waals surface area contributed by atoms with Crippen molar-refractivity contribution in [3.63, 3.8) is 0 Å². The molecule has 0 atom stereocenters. The van der Waals surface area contributed by atoms with Crippen LogP contribution in [0.25, 0.3) is 0 Å². The molecule has 1 amide bonds. The van der Waals surface area contributed by atoms with Crippen molar-refractivity contribution in [2.75, 3.05) is 29.6 Å². The molecule has 1 aliphatic rings. The predicted octanol–water partition coefficient (Wildman–Crippen LogP) is 3.48. The fraction of sp³-hybridized carbons (Fsp3) is 0.286. The van der Waals surface area contributed by atoms with Gasteiger partial charge in [0.25, 0.3) is 5.91 Å². The molecule has 140 valence electrons. The van der Waals surface area contributed by atoms with Crippen molar-refractivity contribution in [2.24, 2.45) is 5.10 Å². The van der Waals surface area contributed by atoms with E-state index in [9.17, 15) is 9.59 Å². The van der Waals surface area contributed by atoms with Crippen molar-refractivity contribution >= 4 is 29.0 Å². The summed E-state index contributed by atoms with van der Waals surface area (Å²) in [4.78, 5) is 26.2. The van der Waals surface area contributed by atoms with E-state index in [1.165, 1.54) is 0 Å². The number of hydrogen-bond acceptors (Lipinski definition) is 5. The second kappa shape index (κ2) is 8.49. The van der Waals surface area contributed by atoms with Gasteiger partial charge in [0, 0.05) is 30.9 Å². The number of esters is 1. The summed E-state index contributed by atoms with van der Waals surface area (Å²) in [5.41, 5.74) is 3.22. The molecule has 0 N–H and O–H groups in total. The first-order chi connectivity index (χ1) is 13.1. The number of amides is 1. The van der Waals surface area contributed by atoms with E-state index in [1.54, 1.807) is 17.0 Å². The lowest BCUT2D eigenvalue weighted by Gasteiger charge is -2.20. The van der Waals surface area contributed by atoms with Gasteiger partial charge in [-0.15, -0.1) is 0 Å². The van der Waals surface area contributed by atoms with Crippen LogP contribution in [-0.4, -0.2) is 37.3 Å². The van der Waals surface area contributed by atoms with Crippen LogP contribution in [-0.2, 0) is 9.53 Å². The van der Waals surface area contributed by atoms with Gasteiger partial charge in [-0.05, 0) is 50.2 Å². The first kappa shape index (κ1) is 18.6. The van der Waals surface area contributed by atoms with Gasteiger partial charge in [-0.2, -0.15) is 5.10 Å². The minimum Gasteiger partial charge on any atom is -0.452 e. The van der Waals surface area contributed by atoms with Crippen LogP contribution in [0.15, 0.2) is 59.7 Å². The molecular weight excluding hydrogens is 342 g/mol. The number of benzene rings is 2. The largest absolute Gasteiger partial charge is 0.452 e. The molecule has 0 aliphatic carbocycles. The van der Waals surface area contributed by atoms with Crippen molar-refractivity contribution in [3.8, 4) is 0 Å². The van der Waals surface area contributed by atoms with Crippen LogP contribution in [0, 0.1) is 0 Å². The number of anilines is 2. The molecular formula is C21H23N3O3. The van der Waals surface area contributed by atoms with E-state index in [-0.39, 0.29) is 12.5 Å². The van der Waals surface area contributed by atoms with Crippen molar-refractivity contribution in [1.29, 1.82) is 0 Å². The molecule has 2 aromatic rings. The SMILES string of the molecule is CCN(C(=O)COC(=O)c1ccc(N2CCC(C)=N2)cc1)c1ccccc1. The van der Waals surface area contributed by atoms with Gasteiger partial charge in [-0.25, -0.2) is 4.79 Å². The van der Waals surface area contributed by atoms with E-state index < -0.39 is 5.97 Å². The quantitative estimate of drug-likeness (QED) is 0.735. The minimum atomic E-state index is -0.514. The predicted molar refractivity (Wildman–Crippen MR) is 106 cm³/mol. The standard InChI is InChI=1S/C21H23N3O3/c1-3-23(18-7-5-4-6-8-18)20(25)15-27-21(26)17-9-11-19(12-10-17)24-14-13-16(2)22-24/h4-12H,3,13-15H2,1-2H3. The van der Waals surface area contributed by atoms with Gasteiger partial charge < -0.3 is 9.64 Å². The van der Waals surface area contributed by atoms with Gasteiger partial charge in [0.05, 0.1) is 11.3 Å². The third kappa shape index (κ3) is 4.53. The van der Waals surface area contributed by atoms with Crippen LogP contribution in [0.4, 0.5) is 11.4 Å². The zero-order valence-electron chi connectivity index (χ0n) is 15.6. The van der Waals surface area contributed by atoms with E-state index in [2.05, 4.69) is 5.10 Å². The summed E-state index contributed by atoms with van der Waals surface area (Å²) in [6.07, 6.45) is 0.946. The summed E-state index contributed by atoms with van der Waals surface area (Å²) in [7, 11) is 0. The fourth-order valence-corrected chi connectivity index (χ4v) is 2.93. The van der Waals surface area contributed by atoms with Crippen LogP contribution in [0.1, 0.15) is 30.6 Å². The summed E-state index contributed by atoms with van der Waals surface area (Å²) in [6, 6.07) is 16.4. The summed E-state index contributed by atoms with van der Waals surface area (Å²) in [5, 5.41) is 6.34. The highest BCUT2D eigenvalue weighted by molar-refractivity contribution is 5.97. The molecule has 0 aromatic heterocycles. The van der Waals surface area contributed by atoms with E-state index >= 15 is 0 Å². The summed E-state index contributed by atoms with van der Waals surface area (Å²) in [6.45, 7) is 4.94. The Morgan fingerprint density at radius 1 is 1.11 bits per heavy atom. The molecule has 27 heavy (non-hydrogen) atoms. The average Bonchev–Trinajstić information content (AvgIpc) is 3.14. The third-order valence-corrected chi connectivity index (χ3v) is 4.39. The zero-order chi connectivity index (χ0) is 19.2. The van der Waals surface area contributed by atoms with E-state index in [0.717, 1.165) is 30.1 Å². The van der Waals surface area contributed by atoms with Crippen LogP contribution in [0.2, 0.25) is 0 Å². The first-order valence-corrected chi connectivity index (χ1v) is 9.02. The lowest BCUT2D eigenvalue weighted by Crippen LogP contribution is -2.34. The molecule has 0 radical (unpaired) electrons. The highest BCUT2D eigenvalue weighted by atomic mass is 16.5. The van der Waals surface area contributed by atoms with Gasteiger partial charge in [-0.3, -0.25) is 9.80 Å². The number of hydrogen-bond donors (Lipinski definition) is 0. The number of carbonyl (C=O) groups is 2. The Kier molecular flexibility index (Phi) is 5.86. The van der Waals surface area contributed by atoms with Gasteiger partial charge in [0.2, 0.25) is 0 Å². The number of nitrogens with zero attached hydrogens (tertiary/aromatic N) is 3. The summed E-state index contributed by atoms with van der Waals surface area (Å²) >= 11 is 0. The summed E-state index contributed by atoms with van der Waals surface area (Å²) in [5.74, 6) is -0.768. The second-order valence-corrected chi connectivity index (χ2v) is 6.30. The fourth-order valence-electron chi connectivity index (χ4n) is 2.93. The maximum absolute atomic E-state index is 12.4. The average molecular weight is 365 g/mol. The van der Waals surface area contributed by atoms with E-state index in [4.69, 9.17) is 4.74 Å². The van der Waals surface area contributed by atoms with Gasteiger partial charge in [0.15, 0.2) is 6.61 Å². The Balaban J connectivity index is 1.58. The van der Waals surface area contributed by atoms with Crippen LogP contribution in [0.5, 0.6) is 0 Å². The smallest absolute Gasteiger partial charge is 0.338 e. The van der Waals surface area contributed by atoms with E-state index in [0.29, 0.717) is 12.1 Å². The van der Waals surface area contributed by atoms with Crippen LogP contribution < -0.4 is 9.91 Å². The van der Waals surface area contributed by atoms with Gasteiger partial charge >= 0.3 is 5.97 Å². The van der Waals surface area contributed by atoms with Crippen LogP contribution >= 0.6 is 0 Å². The monoisotopic (exact) mass is 365 g/mol. The molecule has 0 saturated heterocycles. The molecule has 0 bridgehead atoms. The van der Waals surface area contributed by atoms with Crippen molar-refractivity contribution in [1.82, 2.24) is 0 Å². The Bertz CT molecular complexity index is 832. The van der Waals surface area contributed by atoms with Gasteiger partial charge in [0.1, 0.15) is 0 Å². The highest BCUT2D eigenvalue weighted by Gasteiger charge is 2.17. The Morgan fingerprint density at radius 3 is 2.41 bits per heavy atom. The van der Waals surface area contributed by atoms with Crippen molar-refractivity contribution < 1.29 is 14.3 Å². The maximum Gasteiger partial charge on any atom is 0.338 e. The molecule has 1 heterocycles. The molecule has 3 rings (SSSR count). The number of para-hydroxylation sites is 1. The molecule has 0 saturated carbocycles. The molecule has 0 fully saturated rings. The topological polar surface area (TPSA) is 62.2 Å². The third-order valence-electron chi connectivity index (χ3n) is 4.39. The number of ether oxygens (including phenoxy) is 1. The maximum atomic E-state index is 12.4. The second-order valence-electron chi connectivity index (χ2n) is 6.30. The normalized spacial score (nSPS) is 13.3. The Morgan fingerprint density at radius 2 is 1.81 bits per heavy atom. The molecule has 6 heteroatoms. The number of carbonyl (C=O) groups excluding carboxylic acids is 2. The highest BCUT2D eigenvalue weighted by Crippen LogP contribution is 2.20. The Hall–Kier alpha value is -3.15. The number of hydrazone groups is 1. The molecule has 2 aromatic carbocycles. The molecule has 0 unspecified atom stereocenters. The molecule has 0 spiro atoms. The zero-order valence-corrected chi connectivity index (χ0v) is 15.6. The molecule has 6 nitrogen and oxygen atoms in total. The van der Waals surface area contributed by atoms with Crippen molar-refractivity contribution in [3.05, 3.63) is 60.2 Å². The van der Waals surface area contributed by atoms with Crippen LogP contribution in [0.3, 0.4) is 0 Å². The lowest BCUT2D eigenvalue weighted by molar-refractivity contribution is -0.121. The Labute approximate surface area is 159 Å². The molecule has 1 aliphatic heterocycles. The van der Waals surface area contributed by atoms with Gasteiger partial charge in [-0.1, -0.05) is 18.2 Å².